The van der Waals surface area contributed by atoms with Crippen LogP contribution >= 0.6 is 0 Å². The number of nitrogens with zero attached hydrogens (tertiary/aromatic N) is 1. The van der Waals surface area contributed by atoms with Gasteiger partial charge in [0.05, 0.1) is 0 Å². The van der Waals surface area contributed by atoms with E-state index in [1.165, 1.54) is 31.2 Å². The molecule has 1 aromatic rings. The molecule has 0 spiro atoms. The van der Waals surface area contributed by atoms with Gasteiger partial charge in [-0.3, -0.25) is 9.79 Å². The lowest BCUT2D eigenvalue weighted by Crippen LogP contribution is -2.38. The third kappa shape index (κ3) is 8.47. The van der Waals surface area contributed by atoms with Crippen molar-refractivity contribution in [3.63, 3.8) is 0 Å². The average molecular weight is 413 g/mol. The molecule has 0 atom stereocenters. The van der Waals surface area contributed by atoms with Crippen LogP contribution in [0.2, 0.25) is 0 Å². The number of ether oxygens (including phenoxy) is 1. The van der Waals surface area contributed by atoms with Crippen LogP contribution in [0.4, 0.5) is 0 Å². The van der Waals surface area contributed by atoms with Gasteiger partial charge in [0, 0.05) is 25.7 Å². The monoisotopic (exact) mass is 412 g/mol. The minimum absolute atomic E-state index is 0.0409. The summed E-state index contributed by atoms with van der Waals surface area (Å²) in [7, 11) is 0. The van der Waals surface area contributed by atoms with Gasteiger partial charge < -0.3 is 20.7 Å². The number of carbonyl (C=O) groups excluding carboxylic acids is 1. The lowest BCUT2D eigenvalue weighted by molar-refractivity contribution is -0.123. The molecule has 30 heavy (non-hydrogen) atoms. The van der Waals surface area contributed by atoms with Gasteiger partial charge in [-0.2, -0.15) is 0 Å². The number of benzene rings is 1. The zero-order valence-electron chi connectivity index (χ0n) is 18.2. The first kappa shape index (κ1) is 22.2. The molecule has 0 bridgehead atoms. The first-order chi connectivity index (χ1) is 14.7. The third-order valence-corrected chi connectivity index (χ3v) is 5.37. The van der Waals surface area contributed by atoms with Crippen molar-refractivity contribution < 1.29 is 9.53 Å². The summed E-state index contributed by atoms with van der Waals surface area (Å²) in [6.07, 6.45) is 11.7. The van der Waals surface area contributed by atoms with E-state index in [2.05, 4.69) is 41.1 Å². The van der Waals surface area contributed by atoms with Gasteiger partial charge >= 0.3 is 0 Å². The molecule has 0 aromatic heterocycles. The van der Waals surface area contributed by atoms with Crippen molar-refractivity contribution in [2.24, 2.45) is 4.99 Å². The molecule has 1 aromatic carbocycles. The molecular weight excluding hydrogens is 376 g/mol. The zero-order chi connectivity index (χ0) is 21.0. The van der Waals surface area contributed by atoms with Crippen molar-refractivity contribution in [1.82, 2.24) is 16.0 Å². The van der Waals surface area contributed by atoms with Crippen molar-refractivity contribution in [3.8, 4) is 5.75 Å². The number of aliphatic imine (C=N–C) groups is 1. The molecule has 3 N–H and O–H groups in total. The van der Waals surface area contributed by atoms with Crippen molar-refractivity contribution in [2.75, 3.05) is 26.2 Å². The molecule has 1 fully saturated rings. The standard InChI is InChI=1S/C24H36N4O2/c1-2-25-24(26-16-14-19-6-4-3-5-7-19)27-17-15-20-8-12-22(13-9-20)30-18-23(29)28-21-10-11-21/h6,8-9,12-13,21H,2-5,7,10-11,14-18H2,1H3,(H,28,29)(H2,25,26,27). The highest BCUT2D eigenvalue weighted by Gasteiger charge is 2.23. The molecule has 0 radical (unpaired) electrons. The fourth-order valence-corrected chi connectivity index (χ4v) is 3.51. The molecule has 6 nitrogen and oxygen atoms in total. The molecule has 0 heterocycles. The Bertz CT molecular complexity index is 723. The van der Waals surface area contributed by atoms with Crippen LogP contribution in [-0.4, -0.2) is 44.1 Å². The topological polar surface area (TPSA) is 74.8 Å². The first-order valence-electron chi connectivity index (χ1n) is 11.4. The minimum Gasteiger partial charge on any atom is -0.484 e. The maximum Gasteiger partial charge on any atom is 0.258 e. The molecule has 2 aliphatic rings. The maximum absolute atomic E-state index is 11.7. The van der Waals surface area contributed by atoms with Gasteiger partial charge in [-0.25, -0.2) is 0 Å². The van der Waals surface area contributed by atoms with Crippen LogP contribution in [0.5, 0.6) is 5.75 Å². The lowest BCUT2D eigenvalue weighted by atomic mass is 9.97. The predicted molar refractivity (Wildman–Crippen MR) is 122 cm³/mol. The Hall–Kier alpha value is -2.50. The fourth-order valence-electron chi connectivity index (χ4n) is 3.51. The molecule has 0 aliphatic heterocycles. The van der Waals surface area contributed by atoms with Gasteiger partial charge in [-0.15, -0.1) is 0 Å². The van der Waals surface area contributed by atoms with Gasteiger partial charge in [0.2, 0.25) is 0 Å². The highest BCUT2D eigenvalue weighted by Crippen LogP contribution is 2.20. The Kier molecular flexibility index (Phi) is 9.06. The summed E-state index contributed by atoms with van der Waals surface area (Å²) in [4.78, 5) is 16.4. The summed E-state index contributed by atoms with van der Waals surface area (Å²) in [6, 6.07) is 8.33. The molecule has 164 valence electrons. The van der Waals surface area contributed by atoms with Crippen LogP contribution in [-0.2, 0) is 11.2 Å². The maximum atomic E-state index is 11.7. The average Bonchev–Trinajstić information content (AvgIpc) is 3.58. The van der Waals surface area contributed by atoms with Crippen molar-refractivity contribution in [3.05, 3.63) is 41.5 Å². The molecule has 3 rings (SSSR count). The fraction of sp³-hybridized carbons (Fsp3) is 0.583. The minimum atomic E-state index is -0.0409. The summed E-state index contributed by atoms with van der Waals surface area (Å²) in [5.74, 6) is 1.57. The van der Waals surface area contributed by atoms with Gasteiger partial charge in [0.15, 0.2) is 12.6 Å². The Morgan fingerprint density at radius 3 is 2.67 bits per heavy atom. The highest BCUT2D eigenvalue weighted by atomic mass is 16.5. The van der Waals surface area contributed by atoms with Crippen LogP contribution in [0.1, 0.15) is 57.4 Å². The molecule has 1 saturated carbocycles. The van der Waals surface area contributed by atoms with Gasteiger partial charge in [-0.1, -0.05) is 23.8 Å². The largest absolute Gasteiger partial charge is 0.484 e. The predicted octanol–water partition coefficient (Wildman–Crippen LogP) is 3.33. The van der Waals surface area contributed by atoms with Crippen molar-refractivity contribution >= 4 is 11.9 Å². The van der Waals surface area contributed by atoms with Gasteiger partial charge in [0.25, 0.3) is 5.91 Å². The Balaban J connectivity index is 1.35. The Morgan fingerprint density at radius 1 is 1.13 bits per heavy atom. The van der Waals surface area contributed by atoms with E-state index in [1.807, 2.05) is 12.1 Å². The number of hydrogen-bond acceptors (Lipinski definition) is 3. The lowest BCUT2D eigenvalue weighted by Gasteiger charge is -2.13. The zero-order valence-corrected chi connectivity index (χ0v) is 18.2. The van der Waals surface area contributed by atoms with Crippen LogP contribution < -0.4 is 20.7 Å². The number of carbonyl (C=O) groups is 1. The number of allylic oxidation sites excluding steroid dienone is 1. The molecule has 6 heteroatoms. The summed E-state index contributed by atoms with van der Waals surface area (Å²) in [5, 5.41) is 9.67. The van der Waals surface area contributed by atoms with E-state index in [-0.39, 0.29) is 12.5 Å². The molecule has 0 saturated heterocycles. The van der Waals surface area contributed by atoms with Crippen molar-refractivity contribution in [1.29, 1.82) is 0 Å². The summed E-state index contributed by atoms with van der Waals surface area (Å²) >= 11 is 0. The van der Waals surface area contributed by atoms with Crippen molar-refractivity contribution in [2.45, 2.75) is 64.3 Å². The van der Waals surface area contributed by atoms with E-state index >= 15 is 0 Å². The van der Waals surface area contributed by atoms with E-state index in [1.54, 1.807) is 5.57 Å². The Labute approximate surface area is 180 Å². The third-order valence-electron chi connectivity index (χ3n) is 5.37. The summed E-state index contributed by atoms with van der Waals surface area (Å²) in [6.45, 7) is 4.68. The van der Waals surface area contributed by atoms with E-state index in [4.69, 9.17) is 9.73 Å². The number of rotatable bonds is 11. The quantitative estimate of drug-likeness (QED) is 0.296. The molecular formula is C24H36N4O2. The second kappa shape index (κ2) is 12.3. The second-order valence-corrected chi connectivity index (χ2v) is 8.07. The van der Waals surface area contributed by atoms with Gasteiger partial charge in [-0.05, 0) is 76.0 Å². The SMILES string of the molecule is CCNC(=NCCC1=CCCCC1)NCCc1ccc(OCC(=O)NC2CC2)cc1. The molecule has 0 unspecified atom stereocenters. The number of nitrogens with one attached hydrogen (secondary N) is 3. The number of hydrogen-bond donors (Lipinski definition) is 3. The van der Waals surface area contributed by atoms with Crippen LogP contribution in [0, 0.1) is 0 Å². The summed E-state index contributed by atoms with van der Waals surface area (Å²) < 4.78 is 5.56. The van der Waals surface area contributed by atoms with E-state index in [0.717, 1.165) is 57.0 Å². The summed E-state index contributed by atoms with van der Waals surface area (Å²) in [5.41, 5.74) is 2.79. The first-order valence-corrected chi connectivity index (χ1v) is 11.4. The van der Waals surface area contributed by atoms with Gasteiger partial charge in [0.1, 0.15) is 5.75 Å². The van der Waals surface area contributed by atoms with Crippen LogP contribution in [0.25, 0.3) is 0 Å². The number of amides is 1. The highest BCUT2D eigenvalue weighted by molar-refractivity contribution is 5.79. The molecule has 1 amide bonds. The molecule has 2 aliphatic carbocycles. The van der Waals surface area contributed by atoms with E-state index < -0.39 is 0 Å². The number of guanidine groups is 1. The Morgan fingerprint density at radius 2 is 1.97 bits per heavy atom. The second-order valence-electron chi connectivity index (χ2n) is 8.07. The van der Waals surface area contributed by atoms with Crippen LogP contribution in [0.3, 0.4) is 0 Å². The van der Waals surface area contributed by atoms with E-state index in [0.29, 0.717) is 6.04 Å². The normalized spacial score (nSPS) is 16.6. The van der Waals surface area contributed by atoms with E-state index in [9.17, 15) is 4.79 Å². The smallest absolute Gasteiger partial charge is 0.258 e. The van der Waals surface area contributed by atoms with Crippen LogP contribution in [0.15, 0.2) is 40.9 Å².